The van der Waals surface area contributed by atoms with Crippen LogP contribution in [0.25, 0.3) is 0 Å². The molecule has 0 bridgehead atoms. The van der Waals surface area contributed by atoms with Crippen molar-refractivity contribution in [3.63, 3.8) is 0 Å². The summed E-state index contributed by atoms with van der Waals surface area (Å²) in [4.78, 5) is 19.3. The van der Waals surface area contributed by atoms with Gasteiger partial charge >= 0.3 is 5.97 Å². The minimum absolute atomic E-state index is 0.612. The van der Waals surface area contributed by atoms with Crippen LogP contribution in [-0.4, -0.2) is 25.6 Å². The molecule has 2 rings (SSSR count). The molecule has 2 heterocycles. The van der Waals surface area contributed by atoms with Crippen molar-refractivity contribution in [2.24, 2.45) is 0 Å². The normalized spacial score (nSPS) is 14.3. The molecule has 16 heavy (non-hydrogen) atoms. The van der Waals surface area contributed by atoms with Crippen molar-refractivity contribution in [2.45, 2.75) is 12.5 Å². The predicted octanol–water partition coefficient (Wildman–Crippen LogP) is 1.13. The number of nitrogens with zero attached hydrogens (tertiary/aromatic N) is 3. The zero-order chi connectivity index (χ0) is 11.6. The summed E-state index contributed by atoms with van der Waals surface area (Å²) in [5.41, 5.74) is -0.564. The average molecular weight is 217 g/mol. The van der Waals surface area contributed by atoms with E-state index in [9.17, 15) is 9.90 Å². The van der Waals surface area contributed by atoms with Crippen molar-refractivity contribution in [3.8, 4) is 0 Å². The molecule has 0 aliphatic carbocycles. The van der Waals surface area contributed by atoms with Gasteiger partial charge in [0.2, 0.25) is 0 Å². The van der Waals surface area contributed by atoms with Gasteiger partial charge in [0.25, 0.3) is 0 Å². The van der Waals surface area contributed by atoms with Crippen LogP contribution in [0.5, 0.6) is 0 Å². The van der Waals surface area contributed by atoms with Crippen molar-refractivity contribution in [1.29, 1.82) is 0 Å². The minimum Gasteiger partial charge on any atom is -0.479 e. The molecule has 0 radical (unpaired) electrons. The molecule has 0 spiro atoms. The first-order valence-electron chi connectivity index (χ1n) is 4.78. The van der Waals surface area contributed by atoms with Crippen LogP contribution in [0.15, 0.2) is 43.2 Å². The SMILES string of the molecule is CC(C(=O)O)(c1cccnc1)n1ccnc1. The van der Waals surface area contributed by atoms with E-state index in [-0.39, 0.29) is 0 Å². The molecule has 82 valence electrons. The van der Waals surface area contributed by atoms with Crippen molar-refractivity contribution < 1.29 is 9.90 Å². The maximum atomic E-state index is 11.4. The molecular formula is C11H11N3O2. The summed E-state index contributed by atoms with van der Waals surface area (Å²) in [6.07, 6.45) is 7.83. The lowest BCUT2D eigenvalue weighted by atomic mass is 9.93. The second-order valence-corrected chi connectivity index (χ2v) is 3.59. The average Bonchev–Trinajstić information content (AvgIpc) is 2.82. The molecule has 0 fully saturated rings. The number of hydrogen-bond donors (Lipinski definition) is 1. The van der Waals surface area contributed by atoms with E-state index in [1.807, 2.05) is 0 Å². The molecule has 0 amide bonds. The highest BCUT2D eigenvalue weighted by molar-refractivity contribution is 5.80. The molecule has 1 atom stereocenters. The van der Waals surface area contributed by atoms with Crippen molar-refractivity contribution in [3.05, 3.63) is 48.8 Å². The number of carbonyl (C=O) groups is 1. The van der Waals surface area contributed by atoms with Gasteiger partial charge in [0.15, 0.2) is 5.54 Å². The van der Waals surface area contributed by atoms with E-state index in [0.29, 0.717) is 5.56 Å². The largest absolute Gasteiger partial charge is 0.479 e. The number of rotatable bonds is 3. The Labute approximate surface area is 92.4 Å². The number of pyridine rings is 1. The van der Waals surface area contributed by atoms with Crippen LogP contribution in [-0.2, 0) is 10.3 Å². The first kappa shape index (κ1) is 10.4. The summed E-state index contributed by atoms with van der Waals surface area (Å²) < 4.78 is 1.55. The molecule has 2 aromatic rings. The van der Waals surface area contributed by atoms with Crippen LogP contribution in [0.3, 0.4) is 0 Å². The molecule has 0 aromatic carbocycles. The molecule has 1 unspecified atom stereocenters. The van der Waals surface area contributed by atoms with E-state index in [1.165, 1.54) is 6.33 Å². The Kier molecular flexibility index (Phi) is 2.44. The predicted molar refractivity (Wildman–Crippen MR) is 56.8 cm³/mol. The molecular weight excluding hydrogens is 206 g/mol. The number of aromatic nitrogens is 3. The first-order valence-corrected chi connectivity index (χ1v) is 4.78. The van der Waals surface area contributed by atoms with Crippen molar-refractivity contribution >= 4 is 5.97 Å². The second kappa shape index (κ2) is 3.77. The van der Waals surface area contributed by atoms with Gasteiger partial charge in [-0.05, 0) is 13.0 Å². The minimum atomic E-state index is -1.18. The zero-order valence-electron chi connectivity index (χ0n) is 8.74. The van der Waals surface area contributed by atoms with Crippen LogP contribution in [0, 0.1) is 0 Å². The maximum Gasteiger partial charge on any atom is 0.334 e. The van der Waals surface area contributed by atoms with Crippen LogP contribution in [0.1, 0.15) is 12.5 Å². The quantitative estimate of drug-likeness (QED) is 0.836. The molecule has 0 saturated carbocycles. The van der Waals surface area contributed by atoms with Gasteiger partial charge in [-0.25, -0.2) is 9.78 Å². The molecule has 5 heteroatoms. The molecule has 0 aliphatic rings. The van der Waals surface area contributed by atoms with Gasteiger partial charge in [-0.15, -0.1) is 0 Å². The van der Waals surface area contributed by atoms with Gasteiger partial charge < -0.3 is 9.67 Å². The number of imidazole rings is 1. The van der Waals surface area contributed by atoms with E-state index in [1.54, 1.807) is 48.4 Å². The topological polar surface area (TPSA) is 68.0 Å². The van der Waals surface area contributed by atoms with Gasteiger partial charge in [-0.2, -0.15) is 0 Å². The van der Waals surface area contributed by atoms with Gasteiger partial charge in [-0.1, -0.05) is 6.07 Å². The summed E-state index contributed by atoms with van der Waals surface area (Å²) in [5, 5.41) is 9.38. The fraction of sp³-hybridized carbons (Fsp3) is 0.182. The van der Waals surface area contributed by atoms with Crippen LogP contribution >= 0.6 is 0 Å². The van der Waals surface area contributed by atoms with E-state index < -0.39 is 11.5 Å². The van der Waals surface area contributed by atoms with Crippen molar-refractivity contribution in [1.82, 2.24) is 14.5 Å². The zero-order valence-corrected chi connectivity index (χ0v) is 8.74. The van der Waals surface area contributed by atoms with Gasteiger partial charge in [0.1, 0.15) is 0 Å². The first-order chi connectivity index (χ1) is 7.65. The highest BCUT2D eigenvalue weighted by atomic mass is 16.4. The Bertz CT molecular complexity index is 481. The Hall–Kier alpha value is -2.17. The summed E-state index contributed by atoms with van der Waals surface area (Å²) in [5.74, 6) is -0.946. The smallest absolute Gasteiger partial charge is 0.334 e. The number of hydrogen-bond acceptors (Lipinski definition) is 3. The van der Waals surface area contributed by atoms with E-state index in [4.69, 9.17) is 0 Å². The van der Waals surface area contributed by atoms with Gasteiger partial charge in [-0.3, -0.25) is 4.98 Å². The summed E-state index contributed by atoms with van der Waals surface area (Å²) in [7, 11) is 0. The highest BCUT2D eigenvalue weighted by Crippen LogP contribution is 2.25. The van der Waals surface area contributed by atoms with E-state index in [0.717, 1.165) is 0 Å². The molecule has 2 aromatic heterocycles. The Morgan fingerprint density at radius 2 is 2.25 bits per heavy atom. The third-order valence-electron chi connectivity index (χ3n) is 2.66. The monoisotopic (exact) mass is 217 g/mol. The number of carboxylic acids is 1. The molecule has 0 aliphatic heterocycles. The molecule has 1 N–H and O–H groups in total. The highest BCUT2D eigenvalue weighted by Gasteiger charge is 2.37. The lowest BCUT2D eigenvalue weighted by Crippen LogP contribution is -2.39. The van der Waals surface area contributed by atoms with Crippen LogP contribution < -0.4 is 0 Å². The second-order valence-electron chi connectivity index (χ2n) is 3.59. The maximum absolute atomic E-state index is 11.4. The van der Waals surface area contributed by atoms with Crippen LogP contribution in [0.4, 0.5) is 0 Å². The Morgan fingerprint density at radius 3 is 2.75 bits per heavy atom. The third kappa shape index (κ3) is 1.46. The summed E-state index contributed by atoms with van der Waals surface area (Å²) >= 11 is 0. The van der Waals surface area contributed by atoms with Crippen molar-refractivity contribution in [2.75, 3.05) is 0 Å². The van der Waals surface area contributed by atoms with E-state index >= 15 is 0 Å². The number of carboxylic acid groups (broad SMARTS) is 1. The standard InChI is InChI=1S/C11H11N3O2/c1-11(10(15)16,14-6-5-13-8-14)9-3-2-4-12-7-9/h2-8H,1H3,(H,15,16). The fourth-order valence-corrected chi connectivity index (χ4v) is 1.56. The summed E-state index contributed by atoms with van der Waals surface area (Å²) in [6, 6.07) is 3.45. The molecule has 5 nitrogen and oxygen atoms in total. The lowest BCUT2D eigenvalue weighted by molar-refractivity contribution is -0.144. The van der Waals surface area contributed by atoms with Gasteiger partial charge in [0, 0.05) is 30.4 Å². The summed E-state index contributed by atoms with van der Waals surface area (Å²) in [6.45, 7) is 1.62. The Balaban J connectivity index is 2.58. The lowest BCUT2D eigenvalue weighted by Gasteiger charge is -2.26. The van der Waals surface area contributed by atoms with E-state index in [2.05, 4.69) is 9.97 Å². The fourth-order valence-electron chi connectivity index (χ4n) is 1.56. The number of aliphatic carboxylic acids is 1. The molecule has 0 saturated heterocycles. The van der Waals surface area contributed by atoms with Gasteiger partial charge in [0.05, 0.1) is 6.33 Å². The Morgan fingerprint density at radius 1 is 1.44 bits per heavy atom. The van der Waals surface area contributed by atoms with Crippen LogP contribution in [0.2, 0.25) is 0 Å². The third-order valence-corrected chi connectivity index (χ3v) is 2.66.